The molecule has 0 aliphatic rings. The molecule has 7 nitrogen and oxygen atoms in total. The van der Waals surface area contributed by atoms with E-state index in [0.717, 1.165) is 11.1 Å². The fraction of sp³-hybridized carbons (Fsp3) is 0.208. The van der Waals surface area contributed by atoms with Gasteiger partial charge in [-0.25, -0.2) is 14.8 Å². The summed E-state index contributed by atoms with van der Waals surface area (Å²) < 4.78 is 21.8. The first kappa shape index (κ1) is 21.8. The normalized spacial score (nSPS) is 11.0. The first-order valence-electron chi connectivity index (χ1n) is 9.62. The van der Waals surface area contributed by atoms with Crippen molar-refractivity contribution in [3.05, 3.63) is 83.5 Å². The predicted octanol–water partition coefficient (Wildman–Crippen LogP) is 4.63. The maximum Gasteiger partial charge on any atom is 0.341 e. The summed E-state index contributed by atoms with van der Waals surface area (Å²) in [6.45, 7) is 4.23. The summed E-state index contributed by atoms with van der Waals surface area (Å²) in [4.78, 5) is 20.6. The lowest BCUT2D eigenvalue weighted by molar-refractivity contribution is -0.133. The van der Waals surface area contributed by atoms with Crippen LogP contribution in [0.3, 0.4) is 0 Å². The van der Waals surface area contributed by atoms with E-state index >= 15 is 0 Å². The van der Waals surface area contributed by atoms with Crippen LogP contribution in [-0.4, -0.2) is 30.2 Å². The van der Waals surface area contributed by atoms with E-state index in [0.29, 0.717) is 29.4 Å². The van der Waals surface area contributed by atoms with Crippen LogP contribution in [-0.2, 0) is 20.9 Å². The van der Waals surface area contributed by atoms with Crippen molar-refractivity contribution in [3.63, 3.8) is 0 Å². The molecule has 0 amide bonds. The molecule has 160 valence electrons. The summed E-state index contributed by atoms with van der Waals surface area (Å²) >= 11 is 0. The Hall–Kier alpha value is -3.87. The molecule has 0 aliphatic heterocycles. The second-order valence-electron chi connectivity index (χ2n) is 6.69. The van der Waals surface area contributed by atoms with Gasteiger partial charge in [0.15, 0.2) is 0 Å². The SMILES string of the molecule is CO/C=C(\C(=O)OC)c1c(C)ncnc1Oc1cccc(OCc2ccccc2C)c1. The standard InChI is InChI=1S/C24H24N2O5/c1-16-8-5-6-9-18(16)13-30-19-10-7-11-20(12-19)31-23-22(17(2)25-15-26-23)21(14-28-3)24(27)29-4/h5-12,14-15H,13H2,1-4H3/b21-14-. The zero-order chi connectivity index (χ0) is 22.2. The minimum absolute atomic E-state index is 0.157. The van der Waals surface area contributed by atoms with E-state index in [4.69, 9.17) is 18.9 Å². The molecule has 31 heavy (non-hydrogen) atoms. The number of hydrogen-bond donors (Lipinski definition) is 0. The molecule has 3 aromatic rings. The molecule has 1 heterocycles. The summed E-state index contributed by atoms with van der Waals surface area (Å²) in [7, 11) is 2.73. The molecule has 3 rings (SSSR count). The minimum Gasteiger partial charge on any atom is -0.503 e. The highest BCUT2D eigenvalue weighted by Crippen LogP contribution is 2.32. The van der Waals surface area contributed by atoms with Gasteiger partial charge in [0.2, 0.25) is 5.88 Å². The second kappa shape index (κ2) is 10.2. The van der Waals surface area contributed by atoms with Gasteiger partial charge in [-0.15, -0.1) is 0 Å². The second-order valence-corrected chi connectivity index (χ2v) is 6.69. The van der Waals surface area contributed by atoms with Crippen molar-refractivity contribution in [1.29, 1.82) is 0 Å². The molecule has 0 saturated heterocycles. The van der Waals surface area contributed by atoms with Gasteiger partial charge < -0.3 is 18.9 Å². The lowest BCUT2D eigenvalue weighted by Gasteiger charge is -2.14. The maximum absolute atomic E-state index is 12.3. The third kappa shape index (κ3) is 5.39. The molecule has 0 radical (unpaired) electrons. The van der Waals surface area contributed by atoms with Crippen molar-refractivity contribution in [2.24, 2.45) is 0 Å². The van der Waals surface area contributed by atoms with Crippen molar-refractivity contribution in [3.8, 4) is 17.4 Å². The van der Waals surface area contributed by atoms with Crippen LogP contribution >= 0.6 is 0 Å². The van der Waals surface area contributed by atoms with Crippen LogP contribution in [0, 0.1) is 13.8 Å². The predicted molar refractivity (Wildman–Crippen MR) is 116 cm³/mol. The van der Waals surface area contributed by atoms with E-state index in [1.165, 1.54) is 26.8 Å². The number of esters is 1. The van der Waals surface area contributed by atoms with Crippen molar-refractivity contribution in [2.75, 3.05) is 14.2 Å². The first-order chi connectivity index (χ1) is 15.0. The fourth-order valence-electron chi connectivity index (χ4n) is 2.95. The number of rotatable bonds is 8. The topological polar surface area (TPSA) is 79.8 Å². The van der Waals surface area contributed by atoms with Crippen LogP contribution in [0.25, 0.3) is 5.57 Å². The van der Waals surface area contributed by atoms with E-state index in [9.17, 15) is 4.79 Å². The number of methoxy groups -OCH3 is 2. The minimum atomic E-state index is -0.583. The summed E-state index contributed by atoms with van der Waals surface area (Å²) in [6, 6.07) is 15.3. The monoisotopic (exact) mass is 420 g/mol. The molecule has 0 bridgehead atoms. The highest BCUT2D eigenvalue weighted by molar-refractivity contribution is 6.17. The molecular weight excluding hydrogens is 396 g/mol. The number of carbonyl (C=O) groups is 1. The van der Waals surface area contributed by atoms with Crippen LogP contribution in [0.1, 0.15) is 22.4 Å². The molecule has 0 atom stereocenters. The van der Waals surface area contributed by atoms with Gasteiger partial charge in [-0.1, -0.05) is 30.3 Å². The van der Waals surface area contributed by atoms with Gasteiger partial charge in [-0.3, -0.25) is 0 Å². The number of benzene rings is 2. The van der Waals surface area contributed by atoms with Crippen molar-refractivity contribution in [2.45, 2.75) is 20.5 Å². The Balaban J connectivity index is 1.86. The van der Waals surface area contributed by atoms with Crippen LogP contribution in [0.5, 0.6) is 17.4 Å². The lowest BCUT2D eigenvalue weighted by atomic mass is 10.1. The Bertz CT molecular complexity index is 1090. The molecule has 7 heteroatoms. The number of ether oxygens (including phenoxy) is 4. The van der Waals surface area contributed by atoms with Crippen LogP contribution < -0.4 is 9.47 Å². The van der Waals surface area contributed by atoms with E-state index in [1.54, 1.807) is 19.1 Å². The average molecular weight is 420 g/mol. The number of nitrogens with zero attached hydrogens (tertiary/aromatic N) is 2. The van der Waals surface area contributed by atoms with Gasteiger partial charge in [-0.2, -0.15) is 0 Å². The summed E-state index contributed by atoms with van der Waals surface area (Å²) in [5.41, 5.74) is 3.37. The maximum atomic E-state index is 12.3. The van der Waals surface area contributed by atoms with Crippen LogP contribution in [0.2, 0.25) is 0 Å². The Morgan fingerprint density at radius 1 is 1.00 bits per heavy atom. The molecule has 0 saturated carbocycles. The number of aromatic nitrogens is 2. The van der Waals surface area contributed by atoms with E-state index in [-0.39, 0.29) is 11.5 Å². The molecule has 2 aromatic carbocycles. The van der Waals surface area contributed by atoms with E-state index in [1.807, 2.05) is 43.3 Å². The Kier molecular flexibility index (Phi) is 7.22. The Labute approximate surface area is 181 Å². The number of hydrogen-bond acceptors (Lipinski definition) is 7. The van der Waals surface area contributed by atoms with Crippen molar-refractivity contribution >= 4 is 11.5 Å². The molecule has 0 unspecified atom stereocenters. The summed E-state index contributed by atoms with van der Waals surface area (Å²) in [6.07, 6.45) is 2.65. The van der Waals surface area contributed by atoms with E-state index in [2.05, 4.69) is 9.97 Å². The molecule has 0 fully saturated rings. The van der Waals surface area contributed by atoms with Gasteiger partial charge in [0.05, 0.1) is 31.7 Å². The Morgan fingerprint density at radius 2 is 1.77 bits per heavy atom. The smallest absolute Gasteiger partial charge is 0.341 e. The van der Waals surface area contributed by atoms with Gasteiger partial charge in [0, 0.05) is 6.07 Å². The first-order valence-corrected chi connectivity index (χ1v) is 9.62. The van der Waals surface area contributed by atoms with Crippen LogP contribution in [0.15, 0.2) is 61.1 Å². The van der Waals surface area contributed by atoms with Crippen LogP contribution in [0.4, 0.5) is 0 Å². The zero-order valence-electron chi connectivity index (χ0n) is 17.9. The van der Waals surface area contributed by atoms with Crippen molar-refractivity contribution in [1.82, 2.24) is 9.97 Å². The Morgan fingerprint density at radius 3 is 2.52 bits per heavy atom. The van der Waals surface area contributed by atoms with Gasteiger partial charge >= 0.3 is 5.97 Å². The molecular formula is C24H24N2O5. The molecule has 0 spiro atoms. The molecule has 0 aliphatic carbocycles. The average Bonchev–Trinajstić information content (AvgIpc) is 2.77. The quantitative estimate of drug-likeness (QED) is 0.299. The van der Waals surface area contributed by atoms with Gasteiger partial charge in [0.1, 0.15) is 30.0 Å². The van der Waals surface area contributed by atoms with Crippen molar-refractivity contribution < 1.29 is 23.7 Å². The summed E-state index contributed by atoms with van der Waals surface area (Å²) in [5.74, 6) is 0.772. The lowest BCUT2D eigenvalue weighted by Crippen LogP contribution is -2.09. The molecule has 1 aromatic heterocycles. The van der Waals surface area contributed by atoms with Gasteiger partial charge in [0.25, 0.3) is 0 Å². The molecule has 0 N–H and O–H groups in total. The number of aryl methyl sites for hydroxylation is 2. The number of carbonyl (C=O) groups excluding carboxylic acids is 1. The van der Waals surface area contributed by atoms with Gasteiger partial charge in [-0.05, 0) is 37.1 Å². The largest absolute Gasteiger partial charge is 0.503 e. The fourth-order valence-corrected chi connectivity index (χ4v) is 2.95. The third-order valence-electron chi connectivity index (χ3n) is 4.59. The third-order valence-corrected chi connectivity index (χ3v) is 4.59. The zero-order valence-corrected chi connectivity index (χ0v) is 17.9. The summed E-state index contributed by atoms with van der Waals surface area (Å²) in [5, 5.41) is 0. The highest BCUT2D eigenvalue weighted by atomic mass is 16.5. The highest BCUT2D eigenvalue weighted by Gasteiger charge is 2.22. The van der Waals surface area contributed by atoms with E-state index < -0.39 is 5.97 Å².